The maximum atomic E-state index is 5.55. The van der Waals surface area contributed by atoms with Crippen LogP contribution in [-0.4, -0.2) is 63.3 Å². The molecular weight excluding hydrogens is 300 g/mol. The first-order chi connectivity index (χ1) is 11.6. The highest BCUT2D eigenvalue weighted by molar-refractivity contribution is 5.79. The second-order valence-corrected chi connectivity index (χ2v) is 7.22. The molecular formula is C19H40N4O. The zero-order valence-corrected chi connectivity index (χ0v) is 16.7. The molecule has 1 heterocycles. The van der Waals surface area contributed by atoms with Crippen molar-refractivity contribution in [1.82, 2.24) is 15.5 Å². The van der Waals surface area contributed by atoms with Gasteiger partial charge in [0.05, 0.1) is 6.54 Å². The van der Waals surface area contributed by atoms with Crippen LogP contribution in [0.3, 0.4) is 0 Å². The van der Waals surface area contributed by atoms with Crippen molar-refractivity contribution in [2.45, 2.75) is 64.8 Å². The second-order valence-electron chi connectivity index (χ2n) is 7.22. The van der Waals surface area contributed by atoms with Crippen LogP contribution in [0.2, 0.25) is 0 Å². The van der Waals surface area contributed by atoms with Crippen LogP contribution in [0.5, 0.6) is 0 Å². The monoisotopic (exact) mass is 340 g/mol. The summed E-state index contributed by atoms with van der Waals surface area (Å²) in [5, 5.41) is 6.97. The molecule has 0 radical (unpaired) electrons. The smallest absolute Gasteiger partial charge is 0.191 e. The number of aliphatic imine (C=N–C) groups is 1. The number of unbranched alkanes of at least 4 members (excludes halogenated alkanes) is 1. The predicted octanol–water partition coefficient (Wildman–Crippen LogP) is 2.87. The first-order valence-electron chi connectivity index (χ1n) is 9.85. The largest absolute Gasteiger partial charge is 0.381 e. The Hall–Kier alpha value is -0.810. The molecule has 1 rings (SSSR count). The SMILES string of the molecule is CCCCC(CC)CNC(=NCC1(N(C)C)CCOCC1)NCC. The zero-order chi connectivity index (χ0) is 17.8. The summed E-state index contributed by atoms with van der Waals surface area (Å²) in [6.45, 7) is 11.1. The van der Waals surface area contributed by atoms with Gasteiger partial charge in [0.15, 0.2) is 5.96 Å². The minimum absolute atomic E-state index is 0.132. The van der Waals surface area contributed by atoms with Crippen molar-refractivity contribution in [2.75, 3.05) is 46.9 Å². The van der Waals surface area contributed by atoms with Gasteiger partial charge in [0.25, 0.3) is 0 Å². The molecule has 1 saturated heterocycles. The predicted molar refractivity (Wildman–Crippen MR) is 104 cm³/mol. The third kappa shape index (κ3) is 6.98. The molecule has 1 atom stereocenters. The lowest BCUT2D eigenvalue weighted by Gasteiger charge is -2.41. The standard InChI is InChI=1S/C19H40N4O/c1-6-9-10-17(7-2)15-21-18(20-8-3)22-16-19(23(4)5)11-13-24-14-12-19/h17H,6-16H2,1-5H3,(H2,20,21,22). The Labute approximate surface area is 149 Å². The van der Waals surface area contributed by atoms with E-state index in [2.05, 4.69) is 50.4 Å². The van der Waals surface area contributed by atoms with Crippen molar-refractivity contribution >= 4 is 5.96 Å². The molecule has 5 nitrogen and oxygen atoms in total. The van der Waals surface area contributed by atoms with E-state index in [9.17, 15) is 0 Å². The number of ether oxygens (including phenoxy) is 1. The van der Waals surface area contributed by atoms with Crippen LogP contribution < -0.4 is 10.6 Å². The van der Waals surface area contributed by atoms with Crippen LogP contribution in [-0.2, 0) is 4.74 Å². The maximum Gasteiger partial charge on any atom is 0.191 e. The Morgan fingerprint density at radius 3 is 2.42 bits per heavy atom. The topological polar surface area (TPSA) is 48.9 Å². The number of hydrogen-bond acceptors (Lipinski definition) is 3. The number of nitrogens with one attached hydrogen (secondary N) is 2. The molecule has 0 saturated carbocycles. The van der Waals surface area contributed by atoms with Crippen LogP contribution in [0.15, 0.2) is 4.99 Å². The first kappa shape index (κ1) is 21.2. The van der Waals surface area contributed by atoms with Crippen LogP contribution in [0, 0.1) is 5.92 Å². The lowest BCUT2D eigenvalue weighted by atomic mass is 9.89. The van der Waals surface area contributed by atoms with Gasteiger partial charge in [0.1, 0.15) is 0 Å². The van der Waals surface area contributed by atoms with Crippen molar-refractivity contribution in [3.63, 3.8) is 0 Å². The number of hydrogen-bond donors (Lipinski definition) is 2. The van der Waals surface area contributed by atoms with Crippen LogP contribution in [0.25, 0.3) is 0 Å². The van der Waals surface area contributed by atoms with Gasteiger partial charge in [-0.25, -0.2) is 0 Å². The van der Waals surface area contributed by atoms with Crippen molar-refractivity contribution in [2.24, 2.45) is 10.9 Å². The zero-order valence-electron chi connectivity index (χ0n) is 16.7. The molecule has 2 N–H and O–H groups in total. The summed E-state index contributed by atoms with van der Waals surface area (Å²) in [7, 11) is 4.33. The third-order valence-electron chi connectivity index (χ3n) is 5.35. The van der Waals surface area contributed by atoms with Gasteiger partial charge in [-0.2, -0.15) is 0 Å². The third-order valence-corrected chi connectivity index (χ3v) is 5.35. The van der Waals surface area contributed by atoms with Crippen LogP contribution >= 0.6 is 0 Å². The van der Waals surface area contributed by atoms with Gasteiger partial charge < -0.3 is 20.3 Å². The Morgan fingerprint density at radius 2 is 1.88 bits per heavy atom. The highest BCUT2D eigenvalue weighted by atomic mass is 16.5. The minimum atomic E-state index is 0.132. The molecule has 1 unspecified atom stereocenters. The van der Waals surface area contributed by atoms with Crippen molar-refractivity contribution in [3.8, 4) is 0 Å². The Bertz CT molecular complexity index is 351. The fourth-order valence-corrected chi connectivity index (χ4v) is 3.25. The molecule has 0 bridgehead atoms. The maximum absolute atomic E-state index is 5.55. The molecule has 1 fully saturated rings. The lowest BCUT2D eigenvalue weighted by Crippen LogP contribution is -2.52. The summed E-state index contributed by atoms with van der Waals surface area (Å²) in [5.74, 6) is 1.69. The van der Waals surface area contributed by atoms with Crippen molar-refractivity contribution in [1.29, 1.82) is 0 Å². The van der Waals surface area contributed by atoms with E-state index in [1.54, 1.807) is 0 Å². The summed E-state index contributed by atoms with van der Waals surface area (Å²) in [6, 6.07) is 0. The second kappa shape index (κ2) is 11.7. The summed E-state index contributed by atoms with van der Waals surface area (Å²) in [6.07, 6.45) is 7.23. The summed E-state index contributed by atoms with van der Waals surface area (Å²) in [5.41, 5.74) is 0.132. The van der Waals surface area contributed by atoms with E-state index in [4.69, 9.17) is 9.73 Å². The average Bonchev–Trinajstić information content (AvgIpc) is 2.60. The molecule has 0 spiro atoms. The molecule has 1 aliphatic rings. The quantitative estimate of drug-likeness (QED) is 0.474. The Kier molecular flexibility index (Phi) is 10.3. The molecule has 1 aliphatic heterocycles. The number of rotatable bonds is 10. The average molecular weight is 341 g/mol. The van der Waals surface area contributed by atoms with E-state index in [0.717, 1.165) is 57.6 Å². The lowest BCUT2D eigenvalue weighted by molar-refractivity contribution is -0.00255. The molecule has 24 heavy (non-hydrogen) atoms. The van der Waals surface area contributed by atoms with Gasteiger partial charge in [0.2, 0.25) is 0 Å². The van der Waals surface area contributed by atoms with E-state index in [1.807, 2.05) is 0 Å². The highest BCUT2D eigenvalue weighted by Crippen LogP contribution is 2.26. The minimum Gasteiger partial charge on any atom is -0.381 e. The first-order valence-corrected chi connectivity index (χ1v) is 9.85. The van der Waals surface area contributed by atoms with E-state index in [1.165, 1.54) is 25.7 Å². The molecule has 5 heteroatoms. The van der Waals surface area contributed by atoms with Gasteiger partial charge >= 0.3 is 0 Å². The van der Waals surface area contributed by atoms with Gasteiger partial charge in [-0.1, -0.05) is 33.1 Å². The fourth-order valence-electron chi connectivity index (χ4n) is 3.25. The molecule has 0 aliphatic carbocycles. The highest BCUT2D eigenvalue weighted by Gasteiger charge is 2.34. The Morgan fingerprint density at radius 1 is 1.17 bits per heavy atom. The molecule has 0 aromatic rings. The van der Waals surface area contributed by atoms with Crippen LogP contribution in [0.1, 0.15) is 59.3 Å². The van der Waals surface area contributed by atoms with E-state index < -0.39 is 0 Å². The summed E-state index contributed by atoms with van der Waals surface area (Å²) in [4.78, 5) is 7.25. The van der Waals surface area contributed by atoms with E-state index >= 15 is 0 Å². The van der Waals surface area contributed by atoms with E-state index in [-0.39, 0.29) is 5.54 Å². The van der Waals surface area contributed by atoms with Gasteiger partial charge in [-0.05, 0) is 46.2 Å². The molecule has 142 valence electrons. The van der Waals surface area contributed by atoms with Crippen molar-refractivity contribution in [3.05, 3.63) is 0 Å². The van der Waals surface area contributed by atoms with Crippen molar-refractivity contribution < 1.29 is 4.74 Å². The number of nitrogens with zero attached hydrogens (tertiary/aromatic N) is 2. The number of likely N-dealkylation sites (N-methyl/N-ethyl adjacent to an activating group) is 1. The summed E-state index contributed by atoms with van der Waals surface area (Å²) < 4.78 is 5.55. The fraction of sp³-hybridized carbons (Fsp3) is 0.947. The molecule has 0 aromatic carbocycles. The number of guanidine groups is 1. The van der Waals surface area contributed by atoms with Crippen LogP contribution in [0.4, 0.5) is 0 Å². The van der Waals surface area contributed by atoms with Gasteiger partial charge in [-0.15, -0.1) is 0 Å². The Balaban J connectivity index is 2.62. The molecule has 0 amide bonds. The summed E-state index contributed by atoms with van der Waals surface area (Å²) >= 11 is 0. The van der Waals surface area contributed by atoms with E-state index in [0.29, 0.717) is 0 Å². The molecule has 0 aromatic heterocycles. The van der Waals surface area contributed by atoms with Gasteiger partial charge in [0, 0.05) is 31.8 Å². The van der Waals surface area contributed by atoms with Gasteiger partial charge in [-0.3, -0.25) is 4.99 Å². The normalized spacial score (nSPS) is 19.3.